The molecular formula is C24H16N2O3. The van der Waals surface area contributed by atoms with Crippen molar-refractivity contribution in [1.82, 2.24) is 9.88 Å². The summed E-state index contributed by atoms with van der Waals surface area (Å²) >= 11 is 0. The number of Topliss-reactive ketones (excluding diaryl/α,β-unsaturated/α-hetero) is 1. The lowest BCUT2D eigenvalue weighted by atomic mass is 10.0. The van der Waals surface area contributed by atoms with E-state index in [0.29, 0.717) is 22.4 Å². The van der Waals surface area contributed by atoms with E-state index in [4.69, 9.17) is 0 Å². The first-order valence-corrected chi connectivity index (χ1v) is 9.29. The van der Waals surface area contributed by atoms with Crippen LogP contribution in [0.25, 0.3) is 22.2 Å². The molecule has 3 aromatic carbocycles. The molecule has 140 valence electrons. The van der Waals surface area contributed by atoms with Crippen LogP contribution >= 0.6 is 0 Å². The molecular weight excluding hydrogens is 364 g/mol. The van der Waals surface area contributed by atoms with Gasteiger partial charge >= 0.3 is 0 Å². The normalized spacial score (nSPS) is 13.2. The Bertz CT molecular complexity index is 1250. The predicted molar refractivity (Wildman–Crippen MR) is 110 cm³/mol. The number of fused-ring (bicyclic) bond motifs is 2. The van der Waals surface area contributed by atoms with Crippen LogP contribution in [0.4, 0.5) is 0 Å². The van der Waals surface area contributed by atoms with Gasteiger partial charge in [-0.25, -0.2) is 0 Å². The molecule has 0 fully saturated rings. The second-order valence-electron chi connectivity index (χ2n) is 6.95. The van der Waals surface area contributed by atoms with Gasteiger partial charge in [0.15, 0.2) is 5.78 Å². The largest absolute Gasteiger partial charge is 0.354 e. The fourth-order valence-electron chi connectivity index (χ4n) is 3.86. The molecule has 0 spiro atoms. The van der Waals surface area contributed by atoms with Crippen molar-refractivity contribution in [3.63, 3.8) is 0 Å². The number of aromatic amines is 1. The molecule has 1 aromatic heterocycles. The lowest BCUT2D eigenvalue weighted by molar-refractivity contribution is 0.0624. The highest BCUT2D eigenvalue weighted by Crippen LogP contribution is 2.31. The molecule has 1 aliphatic rings. The summed E-state index contributed by atoms with van der Waals surface area (Å²) in [5.41, 5.74) is 3.56. The Morgan fingerprint density at radius 3 is 2.03 bits per heavy atom. The number of imide groups is 1. The van der Waals surface area contributed by atoms with Gasteiger partial charge in [0.05, 0.1) is 28.9 Å². The quantitative estimate of drug-likeness (QED) is 0.424. The van der Waals surface area contributed by atoms with Gasteiger partial charge in [-0.3, -0.25) is 19.3 Å². The van der Waals surface area contributed by atoms with Gasteiger partial charge < -0.3 is 4.98 Å². The van der Waals surface area contributed by atoms with Crippen LogP contribution in [0.5, 0.6) is 0 Å². The monoisotopic (exact) mass is 380 g/mol. The predicted octanol–water partition coefficient (Wildman–Crippen LogP) is 4.31. The number of benzene rings is 3. The lowest BCUT2D eigenvalue weighted by Crippen LogP contribution is -2.35. The number of carbonyl (C=O) groups is 3. The number of aromatic nitrogens is 1. The molecule has 0 atom stereocenters. The Hall–Kier alpha value is -3.99. The average Bonchev–Trinajstić information content (AvgIpc) is 3.26. The maximum absolute atomic E-state index is 13.3. The molecule has 4 aromatic rings. The SMILES string of the molecule is O=C(CN1C(=O)c2ccccc2C1=O)c1c(-c2ccccc2)[nH]c2ccccc12. The minimum Gasteiger partial charge on any atom is -0.354 e. The van der Waals surface area contributed by atoms with Crippen LogP contribution < -0.4 is 0 Å². The standard InChI is InChI=1S/C24H16N2O3/c27-20(14-26-23(28)16-10-4-5-11-17(16)24(26)29)21-18-12-6-7-13-19(18)25-22(21)15-8-2-1-3-9-15/h1-13,25H,14H2. The molecule has 1 N–H and O–H groups in total. The van der Waals surface area contributed by atoms with Crippen molar-refractivity contribution in [3.8, 4) is 11.3 Å². The molecule has 1 aliphatic heterocycles. The molecule has 0 bridgehead atoms. The first-order valence-electron chi connectivity index (χ1n) is 9.29. The number of nitrogens with one attached hydrogen (secondary N) is 1. The smallest absolute Gasteiger partial charge is 0.261 e. The van der Waals surface area contributed by atoms with Crippen molar-refractivity contribution in [3.05, 3.63) is 95.6 Å². The number of hydrogen-bond acceptors (Lipinski definition) is 3. The van der Waals surface area contributed by atoms with Crippen LogP contribution in [0.1, 0.15) is 31.1 Å². The van der Waals surface area contributed by atoms with Gasteiger partial charge in [-0.2, -0.15) is 0 Å². The Balaban J connectivity index is 1.57. The first kappa shape index (κ1) is 17.1. The number of rotatable bonds is 4. The molecule has 2 amide bonds. The summed E-state index contributed by atoms with van der Waals surface area (Å²) < 4.78 is 0. The number of hydrogen-bond donors (Lipinski definition) is 1. The molecule has 0 radical (unpaired) electrons. The van der Waals surface area contributed by atoms with Gasteiger partial charge in [0, 0.05) is 10.9 Å². The Morgan fingerprint density at radius 2 is 1.34 bits per heavy atom. The highest BCUT2D eigenvalue weighted by molar-refractivity contribution is 6.24. The van der Waals surface area contributed by atoms with Crippen molar-refractivity contribution >= 4 is 28.5 Å². The number of nitrogens with zero attached hydrogens (tertiary/aromatic N) is 1. The molecule has 5 nitrogen and oxygen atoms in total. The van der Waals surface area contributed by atoms with Gasteiger partial charge in [0.1, 0.15) is 0 Å². The van der Waals surface area contributed by atoms with Gasteiger partial charge in [0.2, 0.25) is 0 Å². The van der Waals surface area contributed by atoms with Crippen LogP contribution in [0, 0.1) is 0 Å². The lowest BCUT2D eigenvalue weighted by Gasteiger charge is -2.13. The van der Waals surface area contributed by atoms with E-state index < -0.39 is 11.8 Å². The molecule has 2 heterocycles. The van der Waals surface area contributed by atoms with Crippen LogP contribution in [0.15, 0.2) is 78.9 Å². The van der Waals surface area contributed by atoms with E-state index in [9.17, 15) is 14.4 Å². The highest BCUT2D eigenvalue weighted by Gasteiger charge is 2.37. The minimum absolute atomic E-state index is 0.282. The summed E-state index contributed by atoms with van der Waals surface area (Å²) in [5, 5.41) is 0.771. The average molecular weight is 380 g/mol. The third kappa shape index (κ3) is 2.67. The number of ketones is 1. The maximum atomic E-state index is 13.3. The maximum Gasteiger partial charge on any atom is 0.261 e. The fourth-order valence-corrected chi connectivity index (χ4v) is 3.86. The second-order valence-corrected chi connectivity index (χ2v) is 6.95. The summed E-state index contributed by atoms with van der Waals surface area (Å²) in [4.78, 5) is 43.0. The summed E-state index contributed by atoms with van der Waals surface area (Å²) in [6.45, 7) is -0.298. The minimum atomic E-state index is -0.431. The molecule has 29 heavy (non-hydrogen) atoms. The first-order chi connectivity index (χ1) is 14.1. The number of H-pyrrole nitrogens is 1. The molecule has 0 aliphatic carbocycles. The number of carbonyl (C=O) groups excluding carboxylic acids is 3. The van der Waals surface area contributed by atoms with E-state index in [1.54, 1.807) is 24.3 Å². The van der Waals surface area contributed by atoms with Crippen molar-refractivity contribution < 1.29 is 14.4 Å². The summed E-state index contributed by atoms with van der Waals surface area (Å²) in [6, 6.07) is 23.7. The van der Waals surface area contributed by atoms with Gasteiger partial charge in [-0.05, 0) is 23.8 Å². The molecule has 5 heteroatoms. The van der Waals surface area contributed by atoms with Crippen LogP contribution in [-0.2, 0) is 0 Å². The number of para-hydroxylation sites is 1. The van der Waals surface area contributed by atoms with Gasteiger partial charge in [-0.15, -0.1) is 0 Å². The van der Waals surface area contributed by atoms with E-state index >= 15 is 0 Å². The highest BCUT2D eigenvalue weighted by atomic mass is 16.2. The van der Waals surface area contributed by atoms with Crippen LogP contribution in [-0.4, -0.2) is 34.0 Å². The summed E-state index contributed by atoms with van der Waals surface area (Å²) in [6.07, 6.45) is 0. The summed E-state index contributed by atoms with van der Waals surface area (Å²) in [5.74, 6) is -1.14. The van der Waals surface area contributed by atoms with Gasteiger partial charge in [0.25, 0.3) is 11.8 Å². The second kappa shape index (κ2) is 6.56. The van der Waals surface area contributed by atoms with Crippen LogP contribution in [0.3, 0.4) is 0 Å². The zero-order valence-electron chi connectivity index (χ0n) is 15.4. The Morgan fingerprint density at radius 1 is 0.759 bits per heavy atom. The van der Waals surface area contributed by atoms with E-state index in [0.717, 1.165) is 21.4 Å². The Kier molecular flexibility index (Phi) is 3.88. The molecule has 0 unspecified atom stereocenters. The van der Waals surface area contributed by atoms with Crippen molar-refractivity contribution in [2.45, 2.75) is 0 Å². The van der Waals surface area contributed by atoms with E-state index in [2.05, 4.69) is 4.98 Å². The third-order valence-corrected chi connectivity index (χ3v) is 5.23. The van der Waals surface area contributed by atoms with Gasteiger partial charge in [-0.1, -0.05) is 60.7 Å². The zero-order valence-corrected chi connectivity index (χ0v) is 15.4. The topological polar surface area (TPSA) is 70.2 Å². The number of amides is 2. The van der Waals surface area contributed by atoms with E-state index in [1.165, 1.54) is 0 Å². The molecule has 0 saturated heterocycles. The fraction of sp³-hybridized carbons (Fsp3) is 0.0417. The molecule has 5 rings (SSSR count). The zero-order chi connectivity index (χ0) is 20.0. The van der Waals surface area contributed by atoms with Crippen molar-refractivity contribution in [1.29, 1.82) is 0 Å². The summed E-state index contributed by atoms with van der Waals surface area (Å²) in [7, 11) is 0. The van der Waals surface area contributed by atoms with E-state index in [-0.39, 0.29) is 12.3 Å². The third-order valence-electron chi connectivity index (χ3n) is 5.23. The van der Waals surface area contributed by atoms with Crippen LogP contribution in [0.2, 0.25) is 0 Å². The van der Waals surface area contributed by atoms with Crippen molar-refractivity contribution in [2.75, 3.05) is 6.54 Å². The Labute approximate surface area is 166 Å². The van der Waals surface area contributed by atoms with E-state index in [1.807, 2.05) is 54.6 Å². The molecule has 0 saturated carbocycles. The van der Waals surface area contributed by atoms with Crippen molar-refractivity contribution in [2.24, 2.45) is 0 Å².